The summed E-state index contributed by atoms with van der Waals surface area (Å²) < 4.78 is 5.10. The van der Waals surface area contributed by atoms with Gasteiger partial charge < -0.3 is 15.4 Å². The molecule has 1 aliphatic carbocycles. The van der Waals surface area contributed by atoms with Crippen LogP contribution in [0.15, 0.2) is 18.2 Å². The van der Waals surface area contributed by atoms with Gasteiger partial charge in [0.25, 0.3) is 0 Å². The number of rotatable bonds is 5. The van der Waals surface area contributed by atoms with Crippen molar-refractivity contribution < 1.29 is 9.53 Å². The van der Waals surface area contributed by atoms with E-state index in [-0.39, 0.29) is 5.97 Å². The Bertz CT molecular complexity index is 441. The molecule has 2 rings (SSSR count). The van der Waals surface area contributed by atoms with Gasteiger partial charge in [-0.3, -0.25) is 0 Å². The van der Waals surface area contributed by atoms with Gasteiger partial charge in [-0.05, 0) is 38.8 Å². The van der Waals surface area contributed by atoms with Gasteiger partial charge in [0, 0.05) is 12.6 Å². The molecule has 18 heavy (non-hydrogen) atoms. The zero-order chi connectivity index (χ0) is 13.1. The normalized spacial score (nSPS) is 14.3. The van der Waals surface area contributed by atoms with E-state index in [1.54, 1.807) is 12.1 Å². The van der Waals surface area contributed by atoms with Crippen molar-refractivity contribution >= 4 is 17.3 Å². The van der Waals surface area contributed by atoms with Crippen molar-refractivity contribution in [3.63, 3.8) is 0 Å². The molecule has 2 N–H and O–H groups in total. The lowest BCUT2D eigenvalue weighted by atomic mass is 10.1. The summed E-state index contributed by atoms with van der Waals surface area (Å²) in [6.45, 7) is 5.12. The Kier molecular flexibility index (Phi) is 3.75. The van der Waals surface area contributed by atoms with Crippen LogP contribution in [-0.4, -0.2) is 25.2 Å². The highest BCUT2D eigenvalue weighted by Gasteiger charge is 2.31. The average molecular weight is 248 g/mol. The van der Waals surface area contributed by atoms with E-state index in [0.29, 0.717) is 23.9 Å². The molecule has 98 valence electrons. The summed E-state index contributed by atoms with van der Waals surface area (Å²) in [5.41, 5.74) is 8.10. The second-order valence-electron chi connectivity index (χ2n) is 4.48. The molecule has 1 aliphatic rings. The van der Waals surface area contributed by atoms with E-state index in [4.69, 9.17) is 10.5 Å². The summed E-state index contributed by atoms with van der Waals surface area (Å²) in [6, 6.07) is 5.94. The van der Waals surface area contributed by atoms with Crippen molar-refractivity contribution in [3.05, 3.63) is 23.8 Å². The van der Waals surface area contributed by atoms with Crippen LogP contribution >= 0.6 is 0 Å². The first-order valence-corrected chi connectivity index (χ1v) is 6.51. The maximum atomic E-state index is 12.0. The Labute approximate surface area is 108 Å². The number of carbonyl (C=O) groups excluding carboxylic acids is 1. The highest BCUT2D eigenvalue weighted by Crippen LogP contribution is 2.37. The lowest BCUT2D eigenvalue weighted by Crippen LogP contribution is -2.28. The molecule has 1 aromatic rings. The Morgan fingerprint density at radius 1 is 1.44 bits per heavy atom. The third-order valence-electron chi connectivity index (χ3n) is 3.18. The summed E-state index contributed by atoms with van der Waals surface area (Å²) >= 11 is 0. The van der Waals surface area contributed by atoms with Crippen LogP contribution in [0.2, 0.25) is 0 Å². The first-order valence-electron chi connectivity index (χ1n) is 6.51. The fraction of sp³-hybridized carbons (Fsp3) is 0.500. The third kappa shape index (κ3) is 2.42. The van der Waals surface area contributed by atoms with Gasteiger partial charge in [0.1, 0.15) is 0 Å². The smallest absolute Gasteiger partial charge is 0.340 e. The number of benzene rings is 1. The second kappa shape index (κ2) is 5.29. The fourth-order valence-corrected chi connectivity index (χ4v) is 2.24. The number of nitrogen functional groups attached to an aromatic ring is 1. The maximum absolute atomic E-state index is 12.0. The molecule has 4 heteroatoms. The Morgan fingerprint density at radius 2 is 2.17 bits per heavy atom. The Morgan fingerprint density at radius 3 is 2.72 bits per heavy atom. The number of hydrogen-bond donors (Lipinski definition) is 1. The summed E-state index contributed by atoms with van der Waals surface area (Å²) in [4.78, 5) is 14.2. The van der Waals surface area contributed by atoms with Crippen molar-refractivity contribution in [2.75, 3.05) is 23.8 Å². The predicted molar refractivity (Wildman–Crippen MR) is 72.9 cm³/mol. The van der Waals surface area contributed by atoms with Crippen LogP contribution in [0.3, 0.4) is 0 Å². The summed E-state index contributed by atoms with van der Waals surface area (Å²) in [5.74, 6) is -0.293. The minimum atomic E-state index is -0.293. The molecular formula is C14H20N2O2. The summed E-state index contributed by atoms with van der Waals surface area (Å²) in [6.07, 6.45) is 2.34. The molecule has 0 amide bonds. The van der Waals surface area contributed by atoms with Crippen LogP contribution in [0.25, 0.3) is 0 Å². The molecule has 4 nitrogen and oxygen atoms in total. The predicted octanol–water partition coefficient (Wildman–Crippen LogP) is 2.43. The van der Waals surface area contributed by atoms with Gasteiger partial charge in [-0.1, -0.05) is 6.07 Å². The molecule has 1 saturated carbocycles. The standard InChI is InChI=1S/C14H20N2O2/c1-3-16(10-8-9-10)13-11(14(17)18-4-2)6-5-7-12(13)15/h5-7,10H,3-4,8-9,15H2,1-2H3. The number of anilines is 2. The van der Waals surface area contributed by atoms with E-state index in [9.17, 15) is 4.79 Å². The van der Waals surface area contributed by atoms with E-state index in [1.807, 2.05) is 13.0 Å². The Hall–Kier alpha value is -1.71. The van der Waals surface area contributed by atoms with Gasteiger partial charge in [-0.25, -0.2) is 4.79 Å². The molecule has 0 heterocycles. The van der Waals surface area contributed by atoms with Gasteiger partial charge in [-0.2, -0.15) is 0 Å². The molecule has 0 bridgehead atoms. The topological polar surface area (TPSA) is 55.6 Å². The molecule has 1 aromatic carbocycles. The number of para-hydroxylation sites is 1. The minimum absolute atomic E-state index is 0.293. The second-order valence-corrected chi connectivity index (χ2v) is 4.48. The van der Waals surface area contributed by atoms with Crippen molar-refractivity contribution in [1.82, 2.24) is 0 Å². The van der Waals surface area contributed by atoms with Crippen molar-refractivity contribution in [2.24, 2.45) is 0 Å². The maximum Gasteiger partial charge on any atom is 0.340 e. The first kappa shape index (κ1) is 12.7. The van der Waals surface area contributed by atoms with E-state index >= 15 is 0 Å². The van der Waals surface area contributed by atoms with Crippen molar-refractivity contribution in [1.29, 1.82) is 0 Å². The molecule has 0 radical (unpaired) electrons. The van der Waals surface area contributed by atoms with Gasteiger partial charge in [0.05, 0.1) is 23.5 Å². The zero-order valence-electron chi connectivity index (χ0n) is 11.0. The molecule has 1 fully saturated rings. The molecule has 0 aliphatic heterocycles. The van der Waals surface area contributed by atoms with E-state index < -0.39 is 0 Å². The number of hydrogen-bond acceptors (Lipinski definition) is 4. The van der Waals surface area contributed by atoms with Crippen LogP contribution < -0.4 is 10.6 Å². The van der Waals surface area contributed by atoms with Crippen LogP contribution in [0.1, 0.15) is 37.0 Å². The summed E-state index contributed by atoms with van der Waals surface area (Å²) in [5, 5.41) is 0. The highest BCUT2D eigenvalue weighted by molar-refractivity contribution is 5.99. The number of carbonyl (C=O) groups is 1. The van der Waals surface area contributed by atoms with Gasteiger partial charge in [0.2, 0.25) is 0 Å². The highest BCUT2D eigenvalue weighted by atomic mass is 16.5. The van der Waals surface area contributed by atoms with Crippen molar-refractivity contribution in [2.45, 2.75) is 32.7 Å². The average Bonchev–Trinajstić information content (AvgIpc) is 3.17. The molecule has 0 atom stereocenters. The molecular weight excluding hydrogens is 228 g/mol. The zero-order valence-corrected chi connectivity index (χ0v) is 11.0. The van der Waals surface area contributed by atoms with Gasteiger partial charge in [0.15, 0.2) is 0 Å². The fourth-order valence-electron chi connectivity index (χ4n) is 2.24. The Balaban J connectivity index is 2.39. The minimum Gasteiger partial charge on any atom is -0.462 e. The monoisotopic (exact) mass is 248 g/mol. The number of nitrogens with zero attached hydrogens (tertiary/aromatic N) is 1. The first-order chi connectivity index (χ1) is 8.69. The van der Waals surface area contributed by atoms with Gasteiger partial charge in [-0.15, -0.1) is 0 Å². The number of esters is 1. The largest absolute Gasteiger partial charge is 0.462 e. The molecule has 0 saturated heterocycles. The number of ether oxygens (including phenoxy) is 1. The van der Waals surface area contributed by atoms with Crippen LogP contribution in [0.4, 0.5) is 11.4 Å². The van der Waals surface area contributed by atoms with Crippen LogP contribution in [0, 0.1) is 0 Å². The van der Waals surface area contributed by atoms with Gasteiger partial charge >= 0.3 is 5.97 Å². The quantitative estimate of drug-likeness (QED) is 0.642. The van der Waals surface area contributed by atoms with E-state index in [2.05, 4.69) is 11.8 Å². The van der Waals surface area contributed by atoms with E-state index in [1.165, 1.54) is 12.8 Å². The third-order valence-corrected chi connectivity index (χ3v) is 3.18. The molecule has 0 spiro atoms. The van der Waals surface area contributed by atoms with E-state index in [0.717, 1.165) is 12.2 Å². The lowest BCUT2D eigenvalue weighted by Gasteiger charge is -2.26. The lowest BCUT2D eigenvalue weighted by molar-refractivity contribution is 0.0527. The van der Waals surface area contributed by atoms with Crippen LogP contribution in [0.5, 0.6) is 0 Å². The number of nitrogens with two attached hydrogens (primary N) is 1. The molecule has 0 unspecified atom stereocenters. The molecule has 0 aromatic heterocycles. The SMILES string of the molecule is CCOC(=O)c1cccc(N)c1N(CC)C1CC1. The summed E-state index contributed by atoms with van der Waals surface area (Å²) in [7, 11) is 0. The van der Waals surface area contributed by atoms with Crippen molar-refractivity contribution in [3.8, 4) is 0 Å². The van der Waals surface area contributed by atoms with Crippen LogP contribution in [-0.2, 0) is 4.74 Å².